The molecule has 0 aliphatic rings. The van der Waals surface area contributed by atoms with Crippen molar-refractivity contribution in [1.82, 2.24) is 9.97 Å². The molecule has 0 radical (unpaired) electrons. The number of aromatic nitrogens is 2. The smallest absolute Gasteiger partial charge is 0.319 e. The molecule has 21 heavy (non-hydrogen) atoms. The first-order chi connectivity index (χ1) is 10.2. The quantitative estimate of drug-likeness (QED) is 0.586. The summed E-state index contributed by atoms with van der Waals surface area (Å²) >= 11 is 1.39. The van der Waals surface area contributed by atoms with Crippen molar-refractivity contribution in [1.29, 1.82) is 0 Å². The lowest BCUT2D eigenvalue weighted by Crippen LogP contribution is -2.08. The zero-order chi connectivity index (χ0) is 14.8. The lowest BCUT2D eigenvalue weighted by Gasteiger charge is -2.15. The van der Waals surface area contributed by atoms with Crippen LogP contribution in [0.15, 0.2) is 42.2 Å². The minimum atomic E-state index is -0.385. The normalized spacial score (nSPS) is 12.2. The van der Waals surface area contributed by atoms with Crippen LogP contribution in [0.3, 0.4) is 0 Å². The van der Waals surface area contributed by atoms with Crippen molar-refractivity contribution in [3.05, 3.63) is 57.8 Å². The molecule has 0 fully saturated rings. The van der Waals surface area contributed by atoms with Gasteiger partial charge in [0.2, 0.25) is 0 Å². The number of thiazole rings is 1. The van der Waals surface area contributed by atoms with E-state index in [1.807, 2.05) is 25.1 Å². The van der Waals surface area contributed by atoms with Gasteiger partial charge >= 0.3 is 5.69 Å². The van der Waals surface area contributed by atoms with E-state index in [1.54, 1.807) is 24.0 Å². The SMILES string of the molecule is CC(Nc1ccc2scnc2c1[N+](=O)[O-])c1ccncc1. The van der Waals surface area contributed by atoms with Crippen LogP contribution in [0.1, 0.15) is 18.5 Å². The molecule has 6 nitrogen and oxygen atoms in total. The lowest BCUT2D eigenvalue weighted by atomic mass is 10.1. The minimum absolute atomic E-state index is 0.0228. The van der Waals surface area contributed by atoms with Gasteiger partial charge in [0, 0.05) is 18.4 Å². The second kappa shape index (κ2) is 5.45. The van der Waals surface area contributed by atoms with Gasteiger partial charge in [-0.2, -0.15) is 0 Å². The predicted octanol–water partition coefficient (Wildman–Crippen LogP) is 3.77. The summed E-state index contributed by atoms with van der Waals surface area (Å²) in [5, 5.41) is 14.6. The standard InChI is InChI=1S/C14H12N4O2S/c1-9(10-4-6-15-7-5-10)17-11-2-3-12-13(16-8-21-12)14(11)18(19)20/h2-9,17H,1H3. The molecule has 2 aromatic heterocycles. The van der Waals surface area contributed by atoms with Gasteiger partial charge in [-0.3, -0.25) is 15.1 Å². The zero-order valence-corrected chi connectivity index (χ0v) is 12.0. The summed E-state index contributed by atoms with van der Waals surface area (Å²) in [6.45, 7) is 1.95. The van der Waals surface area contributed by atoms with Crippen LogP contribution in [0.25, 0.3) is 10.2 Å². The van der Waals surface area contributed by atoms with Crippen molar-refractivity contribution >= 4 is 32.9 Å². The maximum absolute atomic E-state index is 11.4. The van der Waals surface area contributed by atoms with Gasteiger partial charge in [0.1, 0.15) is 5.69 Å². The van der Waals surface area contributed by atoms with Crippen molar-refractivity contribution in [3.63, 3.8) is 0 Å². The van der Waals surface area contributed by atoms with E-state index in [9.17, 15) is 10.1 Å². The van der Waals surface area contributed by atoms with Crippen LogP contribution < -0.4 is 5.32 Å². The Labute approximate surface area is 124 Å². The Kier molecular flexibility index (Phi) is 3.49. The molecule has 0 aliphatic carbocycles. The van der Waals surface area contributed by atoms with Gasteiger partial charge in [0.15, 0.2) is 5.52 Å². The molecule has 7 heteroatoms. The first kappa shape index (κ1) is 13.4. The number of nitro groups is 1. The highest BCUT2D eigenvalue weighted by atomic mass is 32.1. The van der Waals surface area contributed by atoms with Crippen molar-refractivity contribution in [2.45, 2.75) is 13.0 Å². The topological polar surface area (TPSA) is 81.0 Å². The fraction of sp³-hybridized carbons (Fsp3) is 0.143. The molecule has 0 bridgehead atoms. The third-order valence-electron chi connectivity index (χ3n) is 3.24. The molecular weight excluding hydrogens is 288 g/mol. The van der Waals surface area contributed by atoms with E-state index >= 15 is 0 Å². The molecule has 1 aromatic carbocycles. The largest absolute Gasteiger partial charge is 0.373 e. The van der Waals surface area contributed by atoms with Gasteiger partial charge in [-0.15, -0.1) is 11.3 Å². The van der Waals surface area contributed by atoms with Gasteiger partial charge in [-0.25, -0.2) is 4.98 Å². The molecule has 0 spiro atoms. The molecule has 0 amide bonds. The number of pyridine rings is 1. The van der Waals surface area contributed by atoms with E-state index in [-0.39, 0.29) is 16.7 Å². The Morgan fingerprint density at radius 2 is 2.05 bits per heavy atom. The number of nitrogens with one attached hydrogen (secondary N) is 1. The van der Waals surface area contributed by atoms with E-state index in [1.165, 1.54) is 11.3 Å². The summed E-state index contributed by atoms with van der Waals surface area (Å²) in [6, 6.07) is 7.27. The van der Waals surface area contributed by atoms with Crippen LogP contribution in [-0.4, -0.2) is 14.9 Å². The summed E-state index contributed by atoms with van der Waals surface area (Å²) in [4.78, 5) is 19.1. The number of rotatable bonds is 4. The summed E-state index contributed by atoms with van der Waals surface area (Å²) in [5.41, 5.74) is 3.56. The van der Waals surface area contributed by atoms with E-state index in [4.69, 9.17) is 0 Å². The average molecular weight is 300 g/mol. The van der Waals surface area contributed by atoms with Gasteiger partial charge < -0.3 is 5.32 Å². The Morgan fingerprint density at radius 1 is 1.29 bits per heavy atom. The molecule has 106 valence electrons. The molecule has 1 unspecified atom stereocenters. The predicted molar refractivity (Wildman–Crippen MR) is 82.5 cm³/mol. The van der Waals surface area contributed by atoms with E-state index < -0.39 is 0 Å². The third-order valence-corrected chi connectivity index (χ3v) is 4.03. The monoisotopic (exact) mass is 300 g/mol. The molecule has 0 saturated heterocycles. The molecule has 3 rings (SSSR count). The second-order valence-electron chi connectivity index (χ2n) is 4.56. The summed E-state index contributed by atoms with van der Waals surface area (Å²) in [7, 11) is 0. The summed E-state index contributed by atoms with van der Waals surface area (Å²) in [6.07, 6.45) is 3.40. The fourth-order valence-electron chi connectivity index (χ4n) is 2.19. The average Bonchev–Trinajstić information content (AvgIpc) is 2.95. The van der Waals surface area contributed by atoms with Crippen molar-refractivity contribution < 1.29 is 4.92 Å². The number of hydrogen-bond donors (Lipinski definition) is 1. The van der Waals surface area contributed by atoms with Crippen LogP contribution in [0.5, 0.6) is 0 Å². The molecule has 3 aromatic rings. The number of nitro benzene ring substituents is 1. The number of fused-ring (bicyclic) bond motifs is 1. The highest BCUT2D eigenvalue weighted by Gasteiger charge is 2.21. The van der Waals surface area contributed by atoms with Crippen molar-refractivity contribution in [2.24, 2.45) is 0 Å². The zero-order valence-electron chi connectivity index (χ0n) is 11.2. The Balaban J connectivity index is 2.00. The molecule has 0 saturated carbocycles. The third kappa shape index (κ3) is 2.55. The number of nitrogens with zero attached hydrogens (tertiary/aromatic N) is 3. The van der Waals surface area contributed by atoms with Crippen LogP contribution in [0, 0.1) is 10.1 Å². The minimum Gasteiger partial charge on any atom is -0.373 e. The first-order valence-corrected chi connectivity index (χ1v) is 7.22. The van der Waals surface area contributed by atoms with E-state index in [0.717, 1.165) is 10.3 Å². The maximum Gasteiger partial charge on any atom is 0.319 e. The van der Waals surface area contributed by atoms with Crippen LogP contribution >= 0.6 is 11.3 Å². The Hall–Kier alpha value is -2.54. The molecular formula is C14H12N4O2S. The molecule has 0 aliphatic heterocycles. The molecule has 1 N–H and O–H groups in total. The van der Waals surface area contributed by atoms with E-state index in [0.29, 0.717) is 11.2 Å². The van der Waals surface area contributed by atoms with E-state index in [2.05, 4.69) is 15.3 Å². The number of hydrogen-bond acceptors (Lipinski definition) is 6. The number of anilines is 1. The Bertz CT molecular complexity index is 788. The maximum atomic E-state index is 11.4. The fourth-order valence-corrected chi connectivity index (χ4v) is 2.87. The highest BCUT2D eigenvalue weighted by Crippen LogP contribution is 2.35. The van der Waals surface area contributed by atoms with Crippen LogP contribution in [0.2, 0.25) is 0 Å². The molecule has 2 heterocycles. The van der Waals surface area contributed by atoms with Crippen LogP contribution in [-0.2, 0) is 0 Å². The van der Waals surface area contributed by atoms with Crippen molar-refractivity contribution in [3.8, 4) is 0 Å². The van der Waals surface area contributed by atoms with Crippen LogP contribution in [0.4, 0.5) is 11.4 Å². The Morgan fingerprint density at radius 3 is 2.76 bits per heavy atom. The second-order valence-corrected chi connectivity index (χ2v) is 5.45. The van der Waals surface area contributed by atoms with Gasteiger partial charge in [-0.05, 0) is 36.8 Å². The molecule has 1 atom stereocenters. The van der Waals surface area contributed by atoms with Gasteiger partial charge in [0.05, 0.1) is 15.1 Å². The number of benzene rings is 1. The van der Waals surface area contributed by atoms with Crippen molar-refractivity contribution in [2.75, 3.05) is 5.32 Å². The first-order valence-electron chi connectivity index (χ1n) is 6.34. The van der Waals surface area contributed by atoms with Gasteiger partial charge in [-0.1, -0.05) is 0 Å². The summed E-state index contributed by atoms with van der Waals surface area (Å²) < 4.78 is 0.809. The lowest BCUT2D eigenvalue weighted by molar-refractivity contribution is -0.382. The highest BCUT2D eigenvalue weighted by molar-refractivity contribution is 7.16. The van der Waals surface area contributed by atoms with Gasteiger partial charge in [0.25, 0.3) is 0 Å². The summed E-state index contributed by atoms with van der Waals surface area (Å²) in [5.74, 6) is 0.